The normalized spacial score (nSPS) is 20.6. The number of aromatic nitrogens is 1. The summed E-state index contributed by atoms with van der Waals surface area (Å²) in [4.78, 5) is 16.9. The highest BCUT2D eigenvalue weighted by Gasteiger charge is 2.31. The Bertz CT molecular complexity index is 496. The van der Waals surface area contributed by atoms with Gasteiger partial charge in [0.1, 0.15) is 5.69 Å². The molecule has 20 heavy (non-hydrogen) atoms. The summed E-state index contributed by atoms with van der Waals surface area (Å²) in [7, 11) is 4.22. The highest BCUT2D eigenvalue weighted by Crippen LogP contribution is 2.37. The third kappa shape index (κ3) is 2.54. The van der Waals surface area contributed by atoms with E-state index in [1.165, 1.54) is 0 Å². The number of hydrogen-bond donors (Lipinski definition) is 1. The minimum absolute atomic E-state index is 0.144. The van der Waals surface area contributed by atoms with Crippen molar-refractivity contribution in [2.45, 2.75) is 37.8 Å². The molecule has 1 aliphatic carbocycles. The molecule has 110 valence electrons. The first-order valence-electron chi connectivity index (χ1n) is 7.49. The Labute approximate surface area is 120 Å². The number of amides is 1. The van der Waals surface area contributed by atoms with Gasteiger partial charge < -0.3 is 20.1 Å². The molecule has 2 aliphatic rings. The third-order valence-corrected chi connectivity index (χ3v) is 4.51. The van der Waals surface area contributed by atoms with Gasteiger partial charge in [0.05, 0.1) is 5.69 Å². The van der Waals surface area contributed by atoms with E-state index in [4.69, 9.17) is 5.73 Å². The summed E-state index contributed by atoms with van der Waals surface area (Å²) in [5.74, 6) is 0.144. The van der Waals surface area contributed by atoms with E-state index in [2.05, 4.69) is 23.6 Å². The number of anilines is 1. The molecule has 0 aromatic carbocycles. The van der Waals surface area contributed by atoms with Gasteiger partial charge in [-0.2, -0.15) is 0 Å². The first-order valence-corrected chi connectivity index (χ1v) is 7.49. The second kappa shape index (κ2) is 5.13. The van der Waals surface area contributed by atoms with E-state index in [0.29, 0.717) is 17.8 Å². The summed E-state index contributed by atoms with van der Waals surface area (Å²) in [5, 5.41) is 0. The maximum Gasteiger partial charge on any atom is 0.270 e. The quantitative estimate of drug-likeness (QED) is 0.912. The first kappa shape index (κ1) is 13.5. The number of rotatable bonds is 3. The van der Waals surface area contributed by atoms with Crippen molar-refractivity contribution >= 4 is 11.6 Å². The lowest BCUT2D eigenvalue weighted by atomic mass is 10.0. The minimum Gasteiger partial charge on any atom is -0.397 e. The molecule has 0 unspecified atom stereocenters. The summed E-state index contributed by atoms with van der Waals surface area (Å²) in [6.45, 7) is 1.69. The molecule has 1 amide bonds. The molecule has 1 aliphatic heterocycles. The second-order valence-corrected chi connectivity index (χ2v) is 6.28. The number of nitrogens with two attached hydrogens (primary N) is 1. The molecular formula is C15H24N4O. The maximum absolute atomic E-state index is 12.7. The first-order chi connectivity index (χ1) is 9.56. The second-order valence-electron chi connectivity index (χ2n) is 6.28. The lowest BCUT2D eigenvalue weighted by molar-refractivity contribution is 0.0652. The van der Waals surface area contributed by atoms with Gasteiger partial charge in [-0.15, -0.1) is 0 Å². The molecule has 1 aromatic heterocycles. The van der Waals surface area contributed by atoms with E-state index in [9.17, 15) is 4.79 Å². The number of carbonyl (C=O) groups excluding carboxylic acids is 1. The Hall–Kier alpha value is -1.49. The van der Waals surface area contributed by atoms with Crippen molar-refractivity contribution < 1.29 is 4.79 Å². The highest BCUT2D eigenvalue weighted by molar-refractivity contribution is 5.94. The van der Waals surface area contributed by atoms with E-state index in [0.717, 1.165) is 44.5 Å². The zero-order valence-electron chi connectivity index (χ0n) is 12.4. The van der Waals surface area contributed by atoms with Crippen molar-refractivity contribution in [1.29, 1.82) is 0 Å². The summed E-state index contributed by atoms with van der Waals surface area (Å²) >= 11 is 0. The summed E-state index contributed by atoms with van der Waals surface area (Å²) in [6, 6.07) is 2.92. The fourth-order valence-electron chi connectivity index (χ4n) is 3.07. The molecule has 0 atom stereocenters. The Balaban J connectivity index is 1.70. The van der Waals surface area contributed by atoms with E-state index >= 15 is 0 Å². The molecule has 2 fully saturated rings. The van der Waals surface area contributed by atoms with E-state index in [-0.39, 0.29) is 5.91 Å². The van der Waals surface area contributed by atoms with Crippen LogP contribution < -0.4 is 5.73 Å². The van der Waals surface area contributed by atoms with Crippen LogP contribution in [0.2, 0.25) is 0 Å². The molecule has 2 heterocycles. The molecule has 5 heteroatoms. The van der Waals surface area contributed by atoms with Crippen LogP contribution in [0.1, 0.15) is 42.2 Å². The molecular weight excluding hydrogens is 252 g/mol. The van der Waals surface area contributed by atoms with Crippen molar-refractivity contribution in [2.75, 3.05) is 32.9 Å². The van der Waals surface area contributed by atoms with Crippen LogP contribution in [0.3, 0.4) is 0 Å². The Kier molecular flexibility index (Phi) is 3.46. The molecule has 1 saturated heterocycles. The van der Waals surface area contributed by atoms with Gasteiger partial charge >= 0.3 is 0 Å². The van der Waals surface area contributed by atoms with Crippen LogP contribution in [0.5, 0.6) is 0 Å². The van der Waals surface area contributed by atoms with Crippen molar-refractivity contribution in [1.82, 2.24) is 14.4 Å². The number of carbonyl (C=O) groups is 1. The summed E-state index contributed by atoms with van der Waals surface area (Å²) in [6.07, 6.45) is 6.35. The summed E-state index contributed by atoms with van der Waals surface area (Å²) in [5.41, 5.74) is 7.35. The third-order valence-electron chi connectivity index (χ3n) is 4.51. The fourth-order valence-corrected chi connectivity index (χ4v) is 3.07. The van der Waals surface area contributed by atoms with Crippen molar-refractivity contribution in [2.24, 2.45) is 0 Å². The topological polar surface area (TPSA) is 54.5 Å². The molecule has 0 bridgehead atoms. The Morgan fingerprint density at radius 2 is 1.90 bits per heavy atom. The van der Waals surface area contributed by atoms with Gasteiger partial charge in [-0.3, -0.25) is 4.79 Å². The molecule has 2 N–H and O–H groups in total. The predicted molar refractivity (Wildman–Crippen MR) is 79.7 cm³/mol. The number of nitrogens with zero attached hydrogens (tertiary/aromatic N) is 3. The molecule has 3 rings (SSSR count). The van der Waals surface area contributed by atoms with Gasteiger partial charge in [0.2, 0.25) is 0 Å². The van der Waals surface area contributed by atoms with Crippen LogP contribution in [0.4, 0.5) is 5.69 Å². The van der Waals surface area contributed by atoms with Gasteiger partial charge in [-0.25, -0.2) is 0 Å². The van der Waals surface area contributed by atoms with Crippen LogP contribution in [0, 0.1) is 0 Å². The monoisotopic (exact) mass is 276 g/mol. The minimum atomic E-state index is 0.144. The largest absolute Gasteiger partial charge is 0.397 e. The average molecular weight is 276 g/mol. The predicted octanol–water partition coefficient (Wildman–Crippen LogP) is 1.57. The Morgan fingerprint density at radius 3 is 2.45 bits per heavy atom. The summed E-state index contributed by atoms with van der Waals surface area (Å²) < 4.78 is 2.08. The molecule has 0 spiro atoms. The van der Waals surface area contributed by atoms with Gasteiger partial charge in [-0.1, -0.05) is 0 Å². The van der Waals surface area contributed by atoms with Crippen LogP contribution in [-0.2, 0) is 0 Å². The lowest BCUT2D eigenvalue weighted by Crippen LogP contribution is -2.44. The SMILES string of the molecule is CN(C)C1CCN(C(=O)c2cc(N)cn2C2CC2)CC1. The van der Waals surface area contributed by atoms with Crippen LogP contribution in [-0.4, -0.2) is 53.5 Å². The van der Waals surface area contributed by atoms with Gasteiger partial charge in [0.25, 0.3) is 5.91 Å². The fraction of sp³-hybridized carbons (Fsp3) is 0.667. The van der Waals surface area contributed by atoms with Crippen LogP contribution >= 0.6 is 0 Å². The lowest BCUT2D eigenvalue weighted by Gasteiger charge is -2.35. The molecule has 5 nitrogen and oxygen atoms in total. The average Bonchev–Trinajstić information content (AvgIpc) is 3.21. The molecule has 1 saturated carbocycles. The van der Waals surface area contributed by atoms with Crippen molar-refractivity contribution in [3.05, 3.63) is 18.0 Å². The van der Waals surface area contributed by atoms with Crippen LogP contribution in [0.15, 0.2) is 12.3 Å². The zero-order valence-corrected chi connectivity index (χ0v) is 12.4. The van der Waals surface area contributed by atoms with Crippen molar-refractivity contribution in [3.63, 3.8) is 0 Å². The standard InChI is InChI=1S/C15H24N4O/c1-17(2)12-5-7-18(8-6-12)15(20)14-9-11(16)10-19(14)13-3-4-13/h9-10,12-13H,3-8,16H2,1-2H3. The number of piperidine rings is 1. The smallest absolute Gasteiger partial charge is 0.270 e. The molecule has 1 aromatic rings. The van der Waals surface area contributed by atoms with Gasteiger partial charge in [-0.05, 0) is 45.8 Å². The highest BCUT2D eigenvalue weighted by atomic mass is 16.2. The van der Waals surface area contributed by atoms with Gasteiger partial charge in [0, 0.05) is 31.4 Å². The van der Waals surface area contributed by atoms with Crippen molar-refractivity contribution in [3.8, 4) is 0 Å². The number of hydrogen-bond acceptors (Lipinski definition) is 3. The number of likely N-dealkylation sites (tertiary alicyclic amines) is 1. The van der Waals surface area contributed by atoms with E-state index < -0.39 is 0 Å². The molecule has 0 radical (unpaired) electrons. The maximum atomic E-state index is 12.7. The Morgan fingerprint density at radius 1 is 1.25 bits per heavy atom. The van der Waals surface area contributed by atoms with Gasteiger partial charge in [0.15, 0.2) is 0 Å². The zero-order chi connectivity index (χ0) is 14.3. The van der Waals surface area contributed by atoms with Crippen LogP contribution in [0.25, 0.3) is 0 Å². The van der Waals surface area contributed by atoms with E-state index in [1.54, 1.807) is 0 Å². The number of nitrogen functional groups attached to an aromatic ring is 1. The van der Waals surface area contributed by atoms with E-state index in [1.807, 2.05) is 17.2 Å².